The molecule has 4 rings (SSSR count). The zero-order valence-electron chi connectivity index (χ0n) is 14.9. The average Bonchev–Trinajstić information content (AvgIpc) is 3.48. The zero-order valence-corrected chi connectivity index (χ0v) is 14.9. The van der Waals surface area contributed by atoms with Crippen LogP contribution in [0.3, 0.4) is 0 Å². The van der Waals surface area contributed by atoms with Gasteiger partial charge >= 0.3 is 0 Å². The van der Waals surface area contributed by atoms with Gasteiger partial charge in [0.25, 0.3) is 11.5 Å². The van der Waals surface area contributed by atoms with Crippen molar-refractivity contribution in [3.05, 3.63) is 33.7 Å². The molecule has 2 saturated heterocycles. The SMILES string of the molecule is CC1(N2CCOCC2)CCN(C(=O)c2ccc(C3CC3)[nH]c2=O)CC1. The molecule has 3 fully saturated rings. The minimum Gasteiger partial charge on any atom is -0.379 e. The molecule has 0 aromatic carbocycles. The van der Waals surface area contributed by atoms with Crippen LogP contribution < -0.4 is 5.56 Å². The lowest BCUT2D eigenvalue weighted by Gasteiger charge is -2.48. The summed E-state index contributed by atoms with van der Waals surface area (Å²) in [7, 11) is 0. The molecule has 25 heavy (non-hydrogen) atoms. The number of nitrogens with one attached hydrogen (secondary N) is 1. The van der Waals surface area contributed by atoms with E-state index in [1.54, 1.807) is 6.07 Å². The van der Waals surface area contributed by atoms with Crippen LogP contribution in [-0.2, 0) is 4.74 Å². The first-order valence-corrected chi connectivity index (χ1v) is 9.42. The third-order valence-electron chi connectivity index (χ3n) is 6.08. The Morgan fingerprint density at radius 1 is 1.16 bits per heavy atom. The van der Waals surface area contributed by atoms with E-state index < -0.39 is 0 Å². The number of hydrogen-bond acceptors (Lipinski definition) is 4. The lowest BCUT2D eigenvalue weighted by atomic mass is 9.87. The van der Waals surface area contributed by atoms with Gasteiger partial charge in [0.05, 0.1) is 13.2 Å². The number of carbonyl (C=O) groups excluding carboxylic acids is 1. The summed E-state index contributed by atoms with van der Waals surface area (Å²) in [5.41, 5.74) is 1.14. The Kier molecular flexibility index (Phi) is 4.41. The molecule has 0 atom stereocenters. The Labute approximate surface area is 148 Å². The van der Waals surface area contributed by atoms with Crippen molar-refractivity contribution in [2.75, 3.05) is 39.4 Å². The minimum absolute atomic E-state index is 0.128. The molecule has 1 aromatic heterocycles. The molecule has 2 aliphatic heterocycles. The van der Waals surface area contributed by atoms with Gasteiger partial charge in [-0.25, -0.2) is 0 Å². The number of likely N-dealkylation sites (tertiary alicyclic amines) is 1. The smallest absolute Gasteiger partial charge is 0.261 e. The lowest BCUT2D eigenvalue weighted by molar-refractivity contribution is -0.0372. The highest BCUT2D eigenvalue weighted by atomic mass is 16.5. The van der Waals surface area contributed by atoms with Crippen molar-refractivity contribution in [1.29, 1.82) is 0 Å². The molecule has 1 aliphatic carbocycles. The largest absolute Gasteiger partial charge is 0.379 e. The normalized spacial score (nSPS) is 24.3. The molecule has 6 heteroatoms. The number of hydrogen-bond donors (Lipinski definition) is 1. The monoisotopic (exact) mass is 345 g/mol. The molecule has 136 valence electrons. The topological polar surface area (TPSA) is 65.6 Å². The lowest BCUT2D eigenvalue weighted by Crippen LogP contribution is -2.57. The number of piperidine rings is 1. The fraction of sp³-hybridized carbons (Fsp3) is 0.684. The number of amides is 1. The van der Waals surface area contributed by atoms with Crippen LogP contribution in [0, 0.1) is 0 Å². The summed E-state index contributed by atoms with van der Waals surface area (Å²) in [6, 6.07) is 3.62. The van der Waals surface area contributed by atoms with Crippen LogP contribution in [0.4, 0.5) is 0 Å². The van der Waals surface area contributed by atoms with Gasteiger partial charge in [0.2, 0.25) is 0 Å². The molecular weight excluding hydrogens is 318 g/mol. The van der Waals surface area contributed by atoms with Crippen LogP contribution >= 0.6 is 0 Å². The fourth-order valence-electron chi connectivity index (χ4n) is 4.07. The van der Waals surface area contributed by atoms with Gasteiger partial charge in [-0.3, -0.25) is 14.5 Å². The van der Waals surface area contributed by atoms with Crippen molar-refractivity contribution in [3.63, 3.8) is 0 Å². The number of ether oxygens (including phenoxy) is 1. The quantitative estimate of drug-likeness (QED) is 0.903. The van der Waals surface area contributed by atoms with Crippen LogP contribution in [0.2, 0.25) is 0 Å². The number of rotatable bonds is 3. The maximum Gasteiger partial charge on any atom is 0.261 e. The summed E-state index contributed by atoms with van der Waals surface area (Å²) in [5.74, 6) is 0.355. The van der Waals surface area contributed by atoms with Gasteiger partial charge in [0.1, 0.15) is 5.56 Å². The molecule has 1 N–H and O–H groups in total. The van der Waals surface area contributed by atoms with Crippen molar-refractivity contribution in [3.8, 4) is 0 Å². The predicted molar refractivity (Wildman–Crippen MR) is 95.0 cm³/mol. The van der Waals surface area contributed by atoms with Crippen molar-refractivity contribution in [1.82, 2.24) is 14.8 Å². The average molecular weight is 345 g/mol. The second-order valence-corrected chi connectivity index (χ2v) is 7.82. The van der Waals surface area contributed by atoms with Gasteiger partial charge in [0.15, 0.2) is 0 Å². The zero-order chi connectivity index (χ0) is 17.4. The van der Waals surface area contributed by atoms with Crippen molar-refractivity contribution in [2.24, 2.45) is 0 Å². The number of nitrogens with zero attached hydrogens (tertiary/aromatic N) is 2. The van der Waals surface area contributed by atoms with E-state index in [0.717, 1.165) is 57.7 Å². The minimum atomic E-state index is -0.240. The van der Waals surface area contributed by atoms with Gasteiger partial charge in [-0.2, -0.15) is 0 Å². The molecule has 0 unspecified atom stereocenters. The van der Waals surface area contributed by atoms with Crippen LogP contribution in [0.1, 0.15) is 54.6 Å². The fourth-order valence-corrected chi connectivity index (χ4v) is 4.07. The summed E-state index contributed by atoms with van der Waals surface area (Å²) in [4.78, 5) is 32.3. The molecule has 6 nitrogen and oxygen atoms in total. The molecule has 0 spiro atoms. The van der Waals surface area contributed by atoms with Gasteiger partial charge in [0, 0.05) is 37.4 Å². The van der Waals surface area contributed by atoms with Crippen molar-refractivity contribution < 1.29 is 9.53 Å². The van der Waals surface area contributed by atoms with Crippen molar-refractivity contribution >= 4 is 5.91 Å². The number of H-pyrrole nitrogens is 1. The molecule has 0 radical (unpaired) electrons. The summed E-state index contributed by atoms with van der Waals surface area (Å²) in [5, 5.41) is 0. The van der Waals surface area contributed by atoms with E-state index in [2.05, 4.69) is 16.8 Å². The number of morpholine rings is 1. The van der Waals surface area contributed by atoms with E-state index in [9.17, 15) is 9.59 Å². The Balaban J connectivity index is 1.41. The molecule has 3 aliphatic rings. The van der Waals surface area contributed by atoms with E-state index in [1.807, 2.05) is 11.0 Å². The molecule has 0 bridgehead atoms. The standard InChI is InChI=1S/C19H27N3O3/c1-19(22-10-12-25-13-11-22)6-8-21(9-7-19)18(24)15-4-5-16(14-2-3-14)20-17(15)23/h4-5,14H,2-3,6-13H2,1H3,(H,20,23). The van der Waals surface area contributed by atoms with E-state index in [0.29, 0.717) is 19.0 Å². The molecule has 1 amide bonds. The third-order valence-corrected chi connectivity index (χ3v) is 6.08. The molecule has 3 heterocycles. The number of aromatic amines is 1. The van der Waals surface area contributed by atoms with E-state index in [-0.39, 0.29) is 22.6 Å². The predicted octanol–water partition coefficient (Wildman–Crippen LogP) is 1.58. The highest BCUT2D eigenvalue weighted by Gasteiger charge is 2.38. The summed E-state index contributed by atoms with van der Waals surface area (Å²) >= 11 is 0. The summed E-state index contributed by atoms with van der Waals surface area (Å²) in [6.07, 6.45) is 4.15. The van der Waals surface area contributed by atoms with Gasteiger partial charge < -0.3 is 14.6 Å². The Morgan fingerprint density at radius 2 is 1.84 bits per heavy atom. The first kappa shape index (κ1) is 16.8. The second kappa shape index (κ2) is 6.57. The first-order chi connectivity index (χ1) is 12.1. The number of aromatic nitrogens is 1. The molecule has 1 saturated carbocycles. The maximum atomic E-state index is 12.8. The van der Waals surface area contributed by atoms with Crippen molar-refractivity contribution in [2.45, 2.75) is 44.1 Å². The van der Waals surface area contributed by atoms with E-state index >= 15 is 0 Å². The highest BCUT2D eigenvalue weighted by Crippen LogP contribution is 2.38. The summed E-state index contributed by atoms with van der Waals surface area (Å²) < 4.78 is 5.45. The Bertz CT molecular complexity index is 696. The van der Waals surface area contributed by atoms with Crippen LogP contribution in [0.25, 0.3) is 0 Å². The first-order valence-electron chi connectivity index (χ1n) is 9.42. The maximum absolute atomic E-state index is 12.8. The van der Waals surface area contributed by atoms with E-state index in [4.69, 9.17) is 4.74 Å². The van der Waals surface area contributed by atoms with Gasteiger partial charge in [-0.15, -0.1) is 0 Å². The second-order valence-electron chi connectivity index (χ2n) is 7.82. The molecular formula is C19H27N3O3. The Morgan fingerprint density at radius 3 is 2.44 bits per heavy atom. The Hall–Kier alpha value is -1.66. The number of pyridine rings is 1. The highest BCUT2D eigenvalue weighted by molar-refractivity contribution is 5.93. The number of carbonyl (C=O) groups is 1. The van der Waals surface area contributed by atoms with E-state index in [1.165, 1.54) is 0 Å². The van der Waals surface area contributed by atoms with Crippen LogP contribution in [0.5, 0.6) is 0 Å². The van der Waals surface area contributed by atoms with Gasteiger partial charge in [-0.05, 0) is 50.7 Å². The molecule has 1 aromatic rings. The summed E-state index contributed by atoms with van der Waals surface area (Å²) in [6.45, 7) is 7.21. The van der Waals surface area contributed by atoms with Crippen LogP contribution in [-0.4, -0.2) is 65.6 Å². The third kappa shape index (κ3) is 3.37. The van der Waals surface area contributed by atoms with Crippen LogP contribution in [0.15, 0.2) is 16.9 Å². The van der Waals surface area contributed by atoms with Gasteiger partial charge in [-0.1, -0.05) is 0 Å².